The summed E-state index contributed by atoms with van der Waals surface area (Å²) in [6.07, 6.45) is 1.29. The first kappa shape index (κ1) is 32.0. The van der Waals surface area contributed by atoms with Crippen LogP contribution >= 0.6 is 11.3 Å². The predicted octanol–water partition coefficient (Wildman–Crippen LogP) is 4.46. The molecule has 0 spiro atoms. The van der Waals surface area contributed by atoms with Gasteiger partial charge in [-0.3, -0.25) is 4.98 Å². The number of hydrogen-bond donors (Lipinski definition) is 4. The normalized spacial score (nSPS) is 19.4. The molecule has 10 nitrogen and oxygen atoms in total. The Morgan fingerprint density at radius 2 is 1.96 bits per heavy atom. The van der Waals surface area contributed by atoms with Crippen LogP contribution in [0.1, 0.15) is 28.8 Å². The second-order valence-corrected chi connectivity index (χ2v) is 11.9. The number of pyridine rings is 1. The minimum absolute atomic E-state index is 0.0230. The van der Waals surface area contributed by atoms with Gasteiger partial charge in [0, 0.05) is 42.5 Å². The summed E-state index contributed by atoms with van der Waals surface area (Å²) >= 11 is 1.01. The Labute approximate surface area is 262 Å². The monoisotopic (exact) mass is 641 g/mol. The Kier molecular flexibility index (Phi) is 9.75. The molecule has 1 saturated carbocycles. The average molecular weight is 642 g/mol. The van der Waals surface area contributed by atoms with E-state index in [1.165, 1.54) is 25.7 Å². The number of benzene rings is 1. The van der Waals surface area contributed by atoms with Crippen LogP contribution in [0, 0.1) is 0 Å². The van der Waals surface area contributed by atoms with E-state index in [0.717, 1.165) is 22.5 Å². The number of fused-ring (bicyclic) bond motifs is 1. The fourth-order valence-corrected chi connectivity index (χ4v) is 6.33. The number of alkyl halides is 3. The Morgan fingerprint density at radius 3 is 2.64 bits per heavy atom. The molecule has 1 aliphatic carbocycles. The summed E-state index contributed by atoms with van der Waals surface area (Å²) in [7, 11) is 3.28. The highest BCUT2D eigenvalue weighted by Gasteiger charge is 2.37. The van der Waals surface area contributed by atoms with Crippen molar-refractivity contribution >= 4 is 33.1 Å². The molecule has 1 aliphatic rings. The number of ether oxygens (including phenoxy) is 2. The van der Waals surface area contributed by atoms with Crippen molar-refractivity contribution in [3.05, 3.63) is 94.9 Å². The molecule has 238 valence electrons. The Bertz CT molecular complexity index is 1660. The van der Waals surface area contributed by atoms with Gasteiger partial charge in [0.05, 0.1) is 37.3 Å². The minimum Gasteiger partial charge on any atom is -0.491 e. The first-order valence-corrected chi connectivity index (χ1v) is 14.9. The highest BCUT2D eigenvalue weighted by Crippen LogP contribution is 2.36. The van der Waals surface area contributed by atoms with Gasteiger partial charge in [0.2, 0.25) is 5.88 Å². The minimum atomic E-state index is -4.31. The maximum atomic E-state index is 13.0. The number of aromatic nitrogens is 3. The van der Waals surface area contributed by atoms with Gasteiger partial charge in [-0.25, -0.2) is 9.97 Å². The first-order chi connectivity index (χ1) is 21.5. The quantitative estimate of drug-likeness (QED) is 0.137. The fourth-order valence-electron chi connectivity index (χ4n) is 5.31. The molecular weight excluding hydrogens is 607 g/mol. The molecular formula is C31H34F3N7O3S. The van der Waals surface area contributed by atoms with E-state index >= 15 is 0 Å². The van der Waals surface area contributed by atoms with Crippen LogP contribution in [0.4, 0.5) is 19.0 Å². The van der Waals surface area contributed by atoms with Gasteiger partial charge < -0.3 is 36.3 Å². The Hall–Kier alpha value is -4.40. The summed E-state index contributed by atoms with van der Waals surface area (Å²) < 4.78 is 49.8. The van der Waals surface area contributed by atoms with Gasteiger partial charge in [0.1, 0.15) is 22.7 Å². The zero-order valence-corrected chi connectivity index (χ0v) is 25.5. The molecule has 6 N–H and O–H groups in total. The maximum absolute atomic E-state index is 13.0. The van der Waals surface area contributed by atoms with Gasteiger partial charge >= 0.3 is 6.18 Å². The predicted molar refractivity (Wildman–Crippen MR) is 167 cm³/mol. The number of halogens is 3. The van der Waals surface area contributed by atoms with Crippen molar-refractivity contribution in [2.75, 3.05) is 19.1 Å². The summed E-state index contributed by atoms with van der Waals surface area (Å²) in [5, 5.41) is 15.0. The van der Waals surface area contributed by atoms with Crippen molar-refractivity contribution in [1.29, 1.82) is 0 Å². The number of aliphatic hydroxyl groups excluding tert-OH is 1. The van der Waals surface area contributed by atoms with Gasteiger partial charge in [-0.2, -0.15) is 13.2 Å². The number of aliphatic hydroxyl groups is 1. The van der Waals surface area contributed by atoms with Gasteiger partial charge in [0.25, 0.3) is 0 Å². The number of rotatable bonds is 11. The van der Waals surface area contributed by atoms with Crippen LogP contribution in [0.5, 0.6) is 5.75 Å². The molecule has 0 saturated heterocycles. The molecule has 0 aliphatic heterocycles. The van der Waals surface area contributed by atoms with E-state index in [9.17, 15) is 18.3 Å². The molecule has 3 heterocycles. The van der Waals surface area contributed by atoms with Gasteiger partial charge in [-0.15, -0.1) is 11.3 Å². The summed E-state index contributed by atoms with van der Waals surface area (Å²) in [6, 6.07) is 12.4. The van der Waals surface area contributed by atoms with Crippen LogP contribution < -0.4 is 26.4 Å². The summed E-state index contributed by atoms with van der Waals surface area (Å²) in [6.45, 7) is 0.565. The highest BCUT2D eigenvalue weighted by molar-refractivity contribution is 7.18. The molecule has 0 radical (unpaired) electrons. The lowest BCUT2D eigenvalue weighted by atomic mass is 10.1. The van der Waals surface area contributed by atoms with Gasteiger partial charge in [-0.1, -0.05) is 24.3 Å². The van der Waals surface area contributed by atoms with Crippen molar-refractivity contribution in [3.8, 4) is 5.75 Å². The second-order valence-electron chi connectivity index (χ2n) is 10.7. The average Bonchev–Trinajstić information content (AvgIpc) is 3.60. The number of nitrogens with zero attached hydrogens (tertiary/aromatic N) is 4. The number of nitrogens with one attached hydrogen (secondary N) is 1. The molecule has 45 heavy (non-hydrogen) atoms. The molecule has 0 amide bonds. The molecule has 3 aromatic heterocycles. The smallest absolute Gasteiger partial charge is 0.393 e. The van der Waals surface area contributed by atoms with E-state index in [1.54, 1.807) is 31.5 Å². The van der Waals surface area contributed by atoms with E-state index in [4.69, 9.17) is 20.9 Å². The van der Waals surface area contributed by atoms with E-state index in [1.807, 2.05) is 29.2 Å². The molecule has 1 aromatic carbocycles. The second kappa shape index (κ2) is 13.7. The molecule has 1 fully saturated rings. The number of thiophene rings is 1. The molecule has 4 aromatic rings. The largest absolute Gasteiger partial charge is 0.491 e. The SMILES string of the molecule is COC(/C=C(\N)c1ccc(CN[C@H]2C[C@@H](O)[C@@H](N(C)c3ncnc4sc(CC(F)(F)F)cc34)C2)cc1)=C(/N)Oc1cccnc1. The van der Waals surface area contributed by atoms with E-state index in [0.29, 0.717) is 46.9 Å². The third kappa shape index (κ3) is 8.01. The van der Waals surface area contributed by atoms with Crippen molar-refractivity contribution in [1.82, 2.24) is 20.3 Å². The molecule has 5 rings (SSSR count). The summed E-state index contributed by atoms with van der Waals surface area (Å²) in [4.78, 5) is 15.0. The number of anilines is 1. The van der Waals surface area contributed by atoms with Crippen LogP contribution in [0.25, 0.3) is 15.9 Å². The highest BCUT2D eigenvalue weighted by atomic mass is 32.1. The number of likely N-dealkylation sites (N-methyl/N-ethyl adjacent to an activating group) is 1. The van der Waals surface area contributed by atoms with E-state index < -0.39 is 18.7 Å². The Balaban J connectivity index is 1.19. The Morgan fingerprint density at radius 1 is 1.18 bits per heavy atom. The van der Waals surface area contributed by atoms with E-state index in [2.05, 4.69) is 20.3 Å². The van der Waals surface area contributed by atoms with Crippen molar-refractivity contribution in [2.24, 2.45) is 11.5 Å². The van der Waals surface area contributed by atoms with Crippen LogP contribution in [-0.4, -0.2) is 58.6 Å². The summed E-state index contributed by atoms with van der Waals surface area (Å²) in [5.41, 5.74) is 14.6. The fraction of sp³-hybridized carbons (Fsp3) is 0.323. The van der Waals surface area contributed by atoms with Gasteiger partial charge in [0.15, 0.2) is 5.76 Å². The number of nitrogens with two attached hydrogens (primary N) is 2. The maximum Gasteiger partial charge on any atom is 0.393 e. The van der Waals surface area contributed by atoms with Crippen LogP contribution in [0.2, 0.25) is 0 Å². The standard InChI is InChI=1S/C31H34F3N7O3S/c1-41(29-23-12-22(14-31(32,33)34)45-30(23)40-17-39-29)25-10-20(11-26(25)42)38-15-18-5-7-19(8-6-18)24(35)13-27(43-2)28(36)44-21-4-3-9-37-16-21/h3-9,12-13,16-17,20,25-26,38,42H,10-11,14-15,35-36H2,1-2H3/b24-13-,28-27-/t20-,25+,26-/m1/s1. The number of methoxy groups -OCH3 is 1. The third-order valence-corrected chi connectivity index (χ3v) is 8.60. The third-order valence-electron chi connectivity index (χ3n) is 7.56. The molecule has 3 atom stereocenters. The van der Waals surface area contributed by atoms with Gasteiger partial charge in [-0.05, 0) is 42.2 Å². The van der Waals surface area contributed by atoms with E-state index in [-0.39, 0.29) is 28.6 Å². The number of hydrogen-bond acceptors (Lipinski definition) is 11. The lowest BCUT2D eigenvalue weighted by Gasteiger charge is -2.28. The van der Waals surface area contributed by atoms with Crippen molar-refractivity contribution < 1.29 is 27.8 Å². The topological polar surface area (TPSA) is 145 Å². The van der Waals surface area contributed by atoms with Crippen molar-refractivity contribution in [2.45, 2.75) is 50.2 Å². The zero-order chi connectivity index (χ0) is 32.1. The summed E-state index contributed by atoms with van der Waals surface area (Å²) in [5.74, 6) is 1.29. The van der Waals surface area contributed by atoms with Crippen LogP contribution in [0.15, 0.2) is 78.9 Å². The molecule has 0 bridgehead atoms. The number of allylic oxidation sites excluding steroid dienone is 1. The molecule has 14 heteroatoms. The van der Waals surface area contributed by atoms with Crippen molar-refractivity contribution in [3.63, 3.8) is 0 Å². The van der Waals surface area contributed by atoms with Crippen LogP contribution in [-0.2, 0) is 17.7 Å². The molecule has 0 unspecified atom stereocenters. The van der Waals surface area contributed by atoms with Crippen LogP contribution in [0.3, 0.4) is 0 Å². The lowest BCUT2D eigenvalue weighted by molar-refractivity contribution is -0.126. The first-order valence-electron chi connectivity index (χ1n) is 14.1. The lowest BCUT2D eigenvalue weighted by Crippen LogP contribution is -2.38. The zero-order valence-electron chi connectivity index (χ0n) is 24.7.